The quantitative estimate of drug-likeness (QED) is 0.777. The van der Waals surface area contributed by atoms with Gasteiger partial charge in [-0.25, -0.2) is 0 Å². The van der Waals surface area contributed by atoms with Gasteiger partial charge in [-0.2, -0.15) is 0 Å². The lowest BCUT2D eigenvalue weighted by atomic mass is 9.71. The molecule has 3 rings (SSSR count). The molecule has 27 heavy (non-hydrogen) atoms. The van der Waals surface area contributed by atoms with Crippen LogP contribution in [0.1, 0.15) is 46.5 Å². The SMILES string of the molecule is CC(C)(C)[C@@H]1CCC[C@]1(CC(=O)O)O[SiH](c1ccccc1)c1ccccc1. The number of benzene rings is 2. The zero-order valence-corrected chi connectivity index (χ0v) is 17.7. The Morgan fingerprint density at radius 1 is 1.07 bits per heavy atom. The number of carboxylic acid groups (broad SMARTS) is 1. The van der Waals surface area contributed by atoms with Crippen LogP contribution >= 0.6 is 0 Å². The highest BCUT2D eigenvalue weighted by atomic mass is 28.3. The molecule has 0 aromatic heterocycles. The third kappa shape index (κ3) is 4.50. The summed E-state index contributed by atoms with van der Waals surface area (Å²) < 4.78 is 6.98. The molecule has 0 spiro atoms. The Balaban J connectivity index is 2.04. The standard InChI is InChI=1S/C23H30O3Si/c1-22(2,3)20-15-10-16-23(20,17-21(24)25)26-27(18-11-6-4-7-12-18)19-13-8-5-9-14-19/h4-9,11-14,20,27H,10,15-17H2,1-3H3,(H,24,25)/t20-,23+/m0/s1. The summed E-state index contributed by atoms with van der Waals surface area (Å²) in [5, 5.41) is 12.1. The van der Waals surface area contributed by atoms with Crippen molar-refractivity contribution in [2.24, 2.45) is 11.3 Å². The summed E-state index contributed by atoms with van der Waals surface area (Å²) in [6.45, 7) is 6.64. The fourth-order valence-corrected chi connectivity index (χ4v) is 7.37. The van der Waals surface area contributed by atoms with Gasteiger partial charge in [-0.3, -0.25) is 4.79 Å². The van der Waals surface area contributed by atoms with Crippen LogP contribution < -0.4 is 10.4 Å². The second-order valence-corrected chi connectivity index (χ2v) is 11.1. The number of hydrogen-bond donors (Lipinski definition) is 1. The Morgan fingerprint density at radius 2 is 1.59 bits per heavy atom. The van der Waals surface area contributed by atoms with E-state index in [-0.39, 0.29) is 17.8 Å². The molecule has 3 nitrogen and oxygen atoms in total. The minimum atomic E-state index is -2.00. The van der Waals surface area contributed by atoms with E-state index in [1.165, 1.54) is 10.4 Å². The van der Waals surface area contributed by atoms with E-state index in [1.807, 2.05) is 36.4 Å². The van der Waals surface area contributed by atoms with Crippen molar-refractivity contribution in [1.82, 2.24) is 0 Å². The van der Waals surface area contributed by atoms with Crippen molar-refractivity contribution in [2.45, 2.75) is 52.1 Å². The minimum Gasteiger partial charge on any atom is -0.481 e. The van der Waals surface area contributed by atoms with Crippen molar-refractivity contribution in [1.29, 1.82) is 0 Å². The Morgan fingerprint density at radius 3 is 2.04 bits per heavy atom. The van der Waals surface area contributed by atoms with E-state index in [2.05, 4.69) is 45.0 Å². The van der Waals surface area contributed by atoms with Gasteiger partial charge in [0.25, 0.3) is 0 Å². The zero-order valence-electron chi connectivity index (χ0n) is 16.5. The van der Waals surface area contributed by atoms with Gasteiger partial charge in [-0.15, -0.1) is 0 Å². The molecule has 1 N–H and O–H groups in total. The Kier molecular flexibility index (Phi) is 5.87. The third-order valence-electron chi connectivity index (χ3n) is 5.78. The van der Waals surface area contributed by atoms with Gasteiger partial charge in [0.05, 0.1) is 12.0 Å². The van der Waals surface area contributed by atoms with Crippen LogP contribution in [0.25, 0.3) is 0 Å². The van der Waals surface area contributed by atoms with Crippen LogP contribution in [0.5, 0.6) is 0 Å². The topological polar surface area (TPSA) is 46.5 Å². The van der Waals surface area contributed by atoms with Gasteiger partial charge in [0, 0.05) is 0 Å². The molecule has 0 radical (unpaired) electrons. The molecule has 0 heterocycles. The molecule has 0 aliphatic heterocycles. The summed E-state index contributed by atoms with van der Waals surface area (Å²) in [4.78, 5) is 11.8. The van der Waals surface area contributed by atoms with E-state index in [4.69, 9.17) is 4.43 Å². The maximum atomic E-state index is 11.8. The first-order chi connectivity index (χ1) is 12.8. The molecule has 1 aliphatic carbocycles. The first-order valence-electron chi connectivity index (χ1n) is 9.81. The zero-order chi connectivity index (χ0) is 19.5. The smallest absolute Gasteiger partial charge is 0.306 e. The molecule has 4 heteroatoms. The van der Waals surface area contributed by atoms with E-state index in [9.17, 15) is 9.90 Å². The number of hydrogen-bond acceptors (Lipinski definition) is 2. The normalized spacial score (nSPS) is 22.9. The highest BCUT2D eigenvalue weighted by molar-refractivity contribution is 6.80. The lowest BCUT2D eigenvalue weighted by Gasteiger charge is -2.44. The average molecular weight is 383 g/mol. The molecule has 0 unspecified atom stereocenters. The van der Waals surface area contributed by atoms with Crippen LogP contribution in [0.3, 0.4) is 0 Å². The second-order valence-electron chi connectivity index (χ2n) is 8.77. The monoisotopic (exact) mass is 382 g/mol. The average Bonchev–Trinajstić information content (AvgIpc) is 3.04. The van der Waals surface area contributed by atoms with Gasteiger partial charge in [-0.1, -0.05) is 87.9 Å². The molecule has 144 valence electrons. The summed E-state index contributed by atoms with van der Waals surface area (Å²) in [6, 6.07) is 20.7. The highest BCUT2D eigenvalue weighted by Gasteiger charge is 2.51. The maximum Gasteiger partial charge on any atom is 0.306 e. The molecule has 1 saturated carbocycles. The van der Waals surface area contributed by atoms with Crippen molar-refractivity contribution < 1.29 is 14.3 Å². The fourth-order valence-electron chi connectivity index (χ4n) is 4.73. The summed E-state index contributed by atoms with van der Waals surface area (Å²) in [7, 11) is -2.00. The van der Waals surface area contributed by atoms with Crippen molar-refractivity contribution in [3.05, 3.63) is 60.7 Å². The van der Waals surface area contributed by atoms with Gasteiger partial charge in [0.2, 0.25) is 9.04 Å². The number of carbonyl (C=O) groups is 1. The van der Waals surface area contributed by atoms with E-state index < -0.39 is 20.6 Å². The number of aliphatic carboxylic acids is 1. The minimum absolute atomic E-state index is 0.0122. The maximum absolute atomic E-state index is 11.8. The van der Waals surface area contributed by atoms with E-state index in [0.717, 1.165) is 19.3 Å². The Bertz CT molecular complexity index is 715. The predicted octanol–water partition coefficient (Wildman–Crippen LogP) is 3.60. The molecule has 2 aromatic rings. The summed E-state index contributed by atoms with van der Waals surface area (Å²) in [5.41, 5.74) is -0.578. The van der Waals surface area contributed by atoms with Crippen LogP contribution in [0.4, 0.5) is 0 Å². The fraction of sp³-hybridized carbons (Fsp3) is 0.435. The Labute approximate surface area is 164 Å². The Hall–Kier alpha value is -1.91. The van der Waals surface area contributed by atoms with Crippen LogP contribution in [0.15, 0.2) is 60.7 Å². The van der Waals surface area contributed by atoms with Crippen molar-refractivity contribution in [3.8, 4) is 0 Å². The van der Waals surface area contributed by atoms with Gasteiger partial charge in [0.15, 0.2) is 0 Å². The van der Waals surface area contributed by atoms with E-state index in [1.54, 1.807) is 0 Å². The lowest BCUT2D eigenvalue weighted by Crippen LogP contribution is -2.55. The number of rotatable bonds is 6. The first kappa shape index (κ1) is 19.8. The highest BCUT2D eigenvalue weighted by Crippen LogP contribution is 2.50. The van der Waals surface area contributed by atoms with Gasteiger partial charge >= 0.3 is 5.97 Å². The third-order valence-corrected chi connectivity index (χ3v) is 8.47. The molecule has 0 bridgehead atoms. The summed E-state index contributed by atoms with van der Waals surface area (Å²) in [5.74, 6) is -0.524. The summed E-state index contributed by atoms with van der Waals surface area (Å²) >= 11 is 0. The predicted molar refractivity (Wildman–Crippen MR) is 112 cm³/mol. The molecular weight excluding hydrogens is 352 g/mol. The van der Waals surface area contributed by atoms with Crippen LogP contribution in [0.2, 0.25) is 0 Å². The molecule has 1 aliphatic rings. The van der Waals surface area contributed by atoms with Crippen LogP contribution in [0, 0.1) is 11.3 Å². The van der Waals surface area contributed by atoms with Crippen LogP contribution in [-0.2, 0) is 9.22 Å². The molecule has 2 aromatic carbocycles. The molecule has 0 saturated heterocycles. The largest absolute Gasteiger partial charge is 0.481 e. The molecular formula is C23H30O3Si. The van der Waals surface area contributed by atoms with Crippen molar-refractivity contribution in [2.75, 3.05) is 0 Å². The summed E-state index contributed by atoms with van der Waals surface area (Å²) in [6.07, 6.45) is 2.96. The second kappa shape index (κ2) is 7.99. The number of carboxylic acids is 1. The van der Waals surface area contributed by atoms with Gasteiger partial charge < -0.3 is 9.53 Å². The van der Waals surface area contributed by atoms with Crippen molar-refractivity contribution >= 4 is 25.4 Å². The van der Waals surface area contributed by atoms with E-state index in [0.29, 0.717) is 0 Å². The molecule has 2 atom stereocenters. The van der Waals surface area contributed by atoms with Gasteiger partial charge in [0.1, 0.15) is 0 Å². The molecule has 1 fully saturated rings. The van der Waals surface area contributed by atoms with Gasteiger partial charge in [-0.05, 0) is 34.5 Å². The molecule has 0 amide bonds. The van der Waals surface area contributed by atoms with Crippen molar-refractivity contribution in [3.63, 3.8) is 0 Å². The van der Waals surface area contributed by atoms with E-state index >= 15 is 0 Å². The van der Waals surface area contributed by atoms with Crippen LogP contribution in [-0.4, -0.2) is 25.7 Å². The first-order valence-corrected chi connectivity index (χ1v) is 11.4. The lowest BCUT2D eigenvalue weighted by molar-refractivity contribution is -0.144.